The average Bonchev–Trinajstić information content (AvgIpc) is 2.50. The Morgan fingerprint density at radius 3 is 1.71 bits per heavy atom. The molecule has 0 aliphatic carbocycles. The molecule has 0 radical (unpaired) electrons. The van der Waals surface area contributed by atoms with Gasteiger partial charge >= 0.3 is 18.2 Å². The molecule has 1 atom stereocenters. The number of nitrogens with one attached hydrogen (secondary N) is 1. The molecule has 1 amide bonds. The molecule has 1 aromatic rings. The highest BCUT2D eigenvalue weighted by molar-refractivity contribution is 5.82. The Hall–Kier alpha value is -2.77. The number of hydrogen-bond acceptors (Lipinski definition) is 7. The second-order valence-corrected chi connectivity index (χ2v) is 10.1. The molecule has 1 rings (SSSR count). The highest BCUT2D eigenvalue weighted by Crippen LogP contribution is 2.18. The van der Waals surface area contributed by atoms with Crippen molar-refractivity contribution >= 4 is 18.2 Å². The Bertz CT molecular complexity index is 765. The molecule has 8 nitrogen and oxygen atoms in total. The molecule has 0 unspecified atom stereocenters. The van der Waals surface area contributed by atoms with Crippen LogP contribution in [0.15, 0.2) is 24.3 Å². The highest BCUT2D eigenvalue weighted by atomic mass is 16.7. The largest absolute Gasteiger partial charge is 0.514 e. The molecule has 0 fully saturated rings. The first-order valence-electron chi connectivity index (χ1n) is 10.2. The van der Waals surface area contributed by atoms with E-state index >= 15 is 0 Å². The van der Waals surface area contributed by atoms with Gasteiger partial charge in [0.05, 0.1) is 0 Å². The zero-order valence-corrected chi connectivity index (χ0v) is 20.0. The van der Waals surface area contributed by atoms with Crippen LogP contribution >= 0.6 is 0 Å². The monoisotopic (exact) mass is 437 g/mol. The van der Waals surface area contributed by atoms with Crippen molar-refractivity contribution in [2.75, 3.05) is 0 Å². The minimum atomic E-state index is -0.952. The van der Waals surface area contributed by atoms with E-state index in [1.54, 1.807) is 86.6 Å². The SMILES string of the molecule is CC(C)(C)OC(=O)N[C@@H](Cc1ccc(OC(=O)OC(C)(C)C)cc1)C(=O)OC(C)(C)C. The second-order valence-electron chi connectivity index (χ2n) is 10.1. The highest BCUT2D eigenvalue weighted by Gasteiger charge is 2.29. The number of rotatable bonds is 5. The van der Waals surface area contributed by atoms with Crippen LogP contribution in [0, 0.1) is 0 Å². The maximum Gasteiger partial charge on any atom is 0.514 e. The van der Waals surface area contributed by atoms with E-state index in [9.17, 15) is 14.4 Å². The Kier molecular flexibility index (Phi) is 8.49. The molecule has 0 heterocycles. The summed E-state index contributed by atoms with van der Waals surface area (Å²) in [6, 6.07) is 5.59. The summed E-state index contributed by atoms with van der Waals surface area (Å²) in [6.07, 6.45) is -1.35. The first-order chi connectivity index (χ1) is 13.9. The van der Waals surface area contributed by atoms with Gasteiger partial charge < -0.3 is 24.3 Å². The fourth-order valence-corrected chi connectivity index (χ4v) is 2.31. The number of alkyl carbamates (subject to hydrolysis) is 1. The smallest absolute Gasteiger partial charge is 0.458 e. The molecule has 0 aliphatic heterocycles. The molecule has 0 aliphatic rings. The van der Waals surface area contributed by atoms with Crippen molar-refractivity contribution in [3.8, 4) is 5.75 Å². The molecule has 174 valence electrons. The molecular weight excluding hydrogens is 402 g/mol. The van der Waals surface area contributed by atoms with E-state index in [1.165, 1.54) is 0 Å². The predicted octanol–water partition coefficient (Wildman–Crippen LogP) is 4.78. The van der Waals surface area contributed by atoms with Crippen molar-refractivity contribution in [3.63, 3.8) is 0 Å². The topological polar surface area (TPSA) is 100 Å². The number of carbonyl (C=O) groups excluding carboxylic acids is 3. The summed E-state index contributed by atoms with van der Waals surface area (Å²) in [5.74, 6) is -0.278. The zero-order valence-electron chi connectivity index (χ0n) is 20.0. The van der Waals surface area contributed by atoms with E-state index in [2.05, 4.69) is 5.32 Å². The van der Waals surface area contributed by atoms with Gasteiger partial charge in [0.2, 0.25) is 0 Å². The number of ether oxygens (including phenoxy) is 4. The van der Waals surface area contributed by atoms with Crippen LogP contribution in [0.4, 0.5) is 9.59 Å². The van der Waals surface area contributed by atoms with E-state index in [4.69, 9.17) is 18.9 Å². The zero-order chi connectivity index (χ0) is 24.0. The minimum Gasteiger partial charge on any atom is -0.458 e. The quantitative estimate of drug-likeness (QED) is 0.402. The standard InChI is InChI=1S/C23H35NO7/c1-21(2,3)29-18(25)17(24-19(26)30-22(4,5)6)14-15-10-12-16(13-11-15)28-20(27)31-23(7,8)9/h10-13,17H,14H2,1-9H3,(H,24,26)/t17-/m0/s1. The lowest BCUT2D eigenvalue weighted by atomic mass is 10.1. The minimum absolute atomic E-state index is 0.168. The normalized spacial score (nSPS) is 13.1. The Labute approximate surface area is 184 Å². The van der Waals surface area contributed by atoms with Gasteiger partial charge in [-0.1, -0.05) is 12.1 Å². The lowest BCUT2D eigenvalue weighted by Gasteiger charge is -2.26. The van der Waals surface area contributed by atoms with E-state index in [-0.39, 0.29) is 6.42 Å². The van der Waals surface area contributed by atoms with Crippen molar-refractivity contribution in [1.29, 1.82) is 0 Å². The van der Waals surface area contributed by atoms with Crippen LogP contribution in [0.25, 0.3) is 0 Å². The molecule has 8 heteroatoms. The lowest BCUT2D eigenvalue weighted by Crippen LogP contribution is -2.47. The van der Waals surface area contributed by atoms with E-state index in [1.807, 2.05) is 0 Å². The van der Waals surface area contributed by atoms with E-state index < -0.39 is 41.1 Å². The second kappa shape index (κ2) is 10.0. The van der Waals surface area contributed by atoms with Gasteiger partial charge in [-0.2, -0.15) is 0 Å². The Morgan fingerprint density at radius 1 is 0.774 bits per heavy atom. The molecule has 1 N–H and O–H groups in total. The third-order valence-electron chi connectivity index (χ3n) is 3.34. The average molecular weight is 438 g/mol. The molecule has 0 saturated carbocycles. The molecule has 0 spiro atoms. The molecule has 0 saturated heterocycles. The summed E-state index contributed by atoms with van der Waals surface area (Å²) >= 11 is 0. The van der Waals surface area contributed by atoms with Gasteiger partial charge in [0.15, 0.2) is 0 Å². The van der Waals surface area contributed by atoms with Gasteiger partial charge in [-0.3, -0.25) is 0 Å². The van der Waals surface area contributed by atoms with Gasteiger partial charge in [0.25, 0.3) is 0 Å². The van der Waals surface area contributed by atoms with Crippen molar-refractivity contribution in [2.45, 2.75) is 91.6 Å². The molecule has 0 bridgehead atoms. The third kappa shape index (κ3) is 11.9. The van der Waals surface area contributed by atoms with Crippen molar-refractivity contribution in [1.82, 2.24) is 5.32 Å². The number of hydrogen-bond donors (Lipinski definition) is 1. The van der Waals surface area contributed by atoms with E-state index in [0.29, 0.717) is 5.75 Å². The maximum absolute atomic E-state index is 12.6. The van der Waals surface area contributed by atoms with Gasteiger partial charge in [0, 0.05) is 6.42 Å². The van der Waals surface area contributed by atoms with Gasteiger partial charge in [-0.05, 0) is 80.0 Å². The van der Waals surface area contributed by atoms with Crippen LogP contribution in [-0.2, 0) is 25.4 Å². The molecular formula is C23H35NO7. The summed E-state index contributed by atoms with van der Waals surface area (Å²) in [4.78, 5) is 36.6. The van der Waals surface area contributed by atoms with Crippen LogP contribution in [0.3, 0.4) is 0 Å². The van der Waals surface area contributed by atoms with Gasteiger partial charge in [0.1, 0.15) is 28.6 Å². The maximum atomic E-state index is 12.6. The Morgan fingerprint density at radius 2 is 1.26 bits per heavy atom. The number of amides is 1. The van der Waals surface area contributed by atoms with Crippen LogP contribution < -0.4 is 10.1 Å². The fourth-order valence-electron chi connectivity index (χ4n) is 2.31. The lowest BCUT2D eigenvalue weighted by molar-refractivity contribution is -0.157. The number of benzene rings is 1. The first kappa shape index (κ1) is 26.3. The number of carbonyl (C=O) groups is 3. The summed E-state index contributed by atoms with van der Waals surface area (Å²) in [6.45, 7) is 15.7. The third-order valence-corrected chi connectivity index (χ3v) is 3.34. The first-order valence-corrected chi connectivity index (χ1v) is 10.2. The molecule has 31 heavy (non-hydrogen) atoms. The van der Waals surface area contributed by atoms with Crippen LogP contribution in [0.2, 0.25) is 0 Å². The number of esters is 1. The van der Waals surface area contributed by atoms with Gasteiger partial charge in [-0.25, -0.2) is 14.4 Å². The van der Waals surface area contributed by atoms with Crippen molar-refractivity contribution < 1.29 is 33.3 Å². The predicted molar refractivity (Wildman–Crippen MR) is 116 cm³/mol. The van der Waals surface area contributed by atoms with Crippen LogP contribution in [-0.4, -0.2) is 41.1 Å². The summed E-state index contributed by atoms with van der Waals surface area (Å²) < 4.78 is 20.9. The summed E-state index contributed by atoms with van der Waals surface area (Å²) in [7, 11) is 0. The van der Waals surface area contributed by atoms with Crippen molar-refractivity contribution in [2.24, 2.45) is 0 Å². The van der Waals surface area contributed by atoms with Gasteiger partial charge in [-0.15, -0.1) is 0 Å². The van der Waals surface area contributed by atoms with Crippen LogP contribution in [0.5, 0.6) is 5.75 Å². The summed E-state index contributed by atoms with van der Waals surface area (Å²) in [5.41, 5.74) is -1.35. The molecule has 1 aromatic carbocycles. The van der Waals surface area contributed by atoms with Crippen LogP contribution in [0.1, 0.15) is 67.9 Å². The van der Waals surface area contributed by atoms with E-state index in [0.717, 1.165) is 5.56 Å². The van der Waals surface area contributed by atoms with Crippen molar-refractivity contribution in [3.05, 3.63) is 29.8 Å². The molecule has 0 aromatic heterocycles. The Balaban J connectivity index is 2.89. The fraction of sp³-hybridized carbons (Fsp3) is 0.609. The summed E-state index contributed by atoms with van der Waals surface area (Å²) in [5, 5.41) is 2.58.